The number of benzene rings is 2. The highest BCUT2D eigenvalue weighted by Crippen LogP contribution is 2.23. The van der Waals surface area contributed by atoms with Crippen molar-refractivity contribution in [3.05, 3.63) is 77.6 Å². The van der Waals surface area contributed by atoms with E-state index in [1.807, 2.05) is 67.6 Å². The van der Waals surface area contributed by atoms with Gasteiger partial charge in [-0.15, -0.1) is 0 Å². The van der Waals surface area contributed by atoms with Gasteiger partial charge in [-0.05, 0) is 24.1 Å². The zero-order valence-corrected chi connectivity index (χ0v) is 14.2. The molecule has 0 atom stereocenters. The third-order valence-electron chi connectivity index (χ3n) is 4.04. The van der Waals surface area contributed by atoms with Crippen LogP contribution in [-0.4, -0.2) is 35.6 Å². The van der Waals surface area contributed by atoms with E-state index in [4.69, 9.17) is 4.42 Å². The molecule has 0 aliphatic heterocycles. The molecule has 0 unspecified atom stereocenters. The topological polar surface area (TPSA) is 53.7 Å². The first-order valence-electron chi connectivity index (χ1n) is 8.30. The van der Waals surface area contributed by atoms with Crippen LogP contribution in [0.4, 0.5) is 0 Å². The number of aliphatic hydroxyl groups excluding tert-OH is 1. The van der Waals surface area contributed by atoms with Crippen LogP contribution in [0.1, 0.15) is 21.7 Å². The minimum atomic E-state index is -0.220. The van der Waals surface area contributed by atoms with Crippen molar-refractivity contribution in [1.29, 1.82) is 0 Å². The van der Waals surface area contributed by atoms with Gasteiger partial charge in [-0.2, -0.15) is 0 Å². The van der Waals surface area contributed by atoms with Crippen LogP contribution in [0.3, 0.4) is 0 Å². The van der Waals surface area contributed by atoms with Crippen molar-refractivity contribution in [2.75, 3.05) is 19.7 Å². The standard InChI is InChI=1S/C21H21NO3/c1-16-7-5-11-18-15-19(25-20(16)18)21(24)22(13-14-23)12-6-10-17-8-3-2-4-9-17/h2-11,15,23H,12-14H2,1H3/b10-6+. The van der Waals surface area contributed by atoms with Gasteiger partial charge in [-0.25, -0.2) is 0 Å². The molecule has 1 aromatic heterocycles. The fourth-order valence-electron chi connectivity index (χ4n) is 2.75. The lowest BCUT2D eigenvalue weighted by molar-refractivity contribution is 0.0714. The van der Waals surface area contributed by atoms with Crippen molar-refractivity contribution in [3.63, 3.8) is 0 Å². The summed E-state index contributed by atoms with van der Waals surface area (Å²) in [5.74, 6) is 0.0771. The minimum absolute atomic E-state index is 0.0931. The second kappa shape index (κ2) is 7.81. The van der Waals surface area contributed by atoms with Gasteiger partial charge in [0, 0.05) is 18.5 Å². The SMILES string of the molecule is Cc1cccc2cc(C(=O)N(C/C=C/c3ccccc3)CCO)oc12. The van der Waals surface area contributed by atoms with Crippen molar-refractivity contribution in [1.82, 2.24) is 4.90 Å². The fraction of sp³-hybridized carbons (Fsp3) is 0.190. The number of aliphatic hydroxyl groups is 1. The van der Waals surface area contributed by atoms with Crippen LogP contribution in [-0.2, 0) is 0 Å². The molecule has 3 aromatic rings. The monoisotopic (exact) mass is 335 g/mol. The van der Waals surface area contributed by atoms with Crippen LogP contribution in [0.15, 0.2) is 65.1 Å². The molecule has 0 saturated heterocycles. The Hall–Kier alpha value is -2.85. The van der Waals surface area contributed by atoms with E-state index in [0.717, 1.165) is 22.1 Å². The average molecular weight is 335 g/mol. The Morgan fingerprint density at radius 3 is 2.68 bits per heavy atom. The average Bonchev–Trinajstić information content (AvgIpc) is 3.07. The Bertz CT molecular complexity index is 881. The Morgan fingerprint density at radius 1 is 1.16 bits per heavy atom. The molecule has 2 aromatic carbocycles. The maximum atomic E-state index is 12.7. The molecule has 0 bridgehead atoms. The lowest BCUT2D eigenvalue weighted by Gasteiger charge is -2.18. The van der Waals surface area contributed by atoms with E-state index >= 15 is 0 Å². The molecule has 0 aliphatic carbocycles. The van der Waals surface area contributed by atoms with E-state index in [1.54, 1.807) is 11.0 Å². The molecule has 0 fully saturated rings. The molecule has 4 nitrogen and oxygen atoms in total. The molecule has 1 N–H and O–H groups in total. The summed E-state index contributed by atoms with van der Waals surface area (Å²) in [6, 6.07) is 17.5. The quantitative estimate of drug-likeness (QED) is 0.743. The zero-order chi connectivity index (χ0) is 17.6. The number of nitrogens with zero attached hydrogens (tertiary/aromatic N) is 1. The van der Waals surface area contributed by atoms with Crippen molar-refractivity contribution < 1.29 is 14.3 Å². The summed E-state index contributed by atoms with van der Waals surface area (Å²) >= 11 is 0. The van der Waals surface area contributed by atoms with Crippen LogP contribution in [0, 0.1) is 6.92 Å². The van der Waals surface area contributed by atoms with Crippen molar-refractivity contribution in [2.24, 2.45) is 0 Å². The molecular formula is C21H21NO3. The van der Waals surface area contributed by atoms with Gasteiger partial charge in [-0.1, -0.05) is 60.7 Å². The van der Waals surface area contributed by atoms with Gasteiger partial charge in [0.25, 0.3) is 5.91 Å². The number of hydrogen-bond donors (Lipinski definition) is 1. The van der Waals surface area contributed by atoms with Crippen LogP contribution >= 0.6 is 0 Å². The number of hydrogen-bond acceptors (Lipinski definition) is 3. The molecular weight excluding hydrogens is 314 g/mol. The van der Waals surface area contributed by atoms with E-state index in [1.165, 1.54) is 0 Å². The largest absolute Gasteiger partial charge is 0.451 e. The van der Waals surface area contributed by atoms with E-state index in [-0.39, 0.29) is 19.1 Å². The predicted molar refractivity (Wildman–Crippen MR) is 99.4 cm³/mol. The van der Waals surface area contributed by atoms with E-state index in [2.05, 4.69) is 0 Å². The highest BCUT2D eigenvalue weighted by atomic mass is 16.3. The summed E-state index contributed by atoms with van der Waals surface area (Å²) in [4.78, 5) is 14.3. The maximum Gasteiger partial charge on any atom is 0.289 e. The number of rotatable bonds is 6. The molecule has 1 heterocycles. The Kier molecular flexibility index (Phi) is 5.31. The number of carbonyl (C=O) groups is 1. The van der Waals surface area contributed by atoms with Gasteiger partial charge < -0.3 is 14.4 Å². The van der Waals surface area contributed by atoms with Crippen LogP contribution in [0.5, 0.6) is 0 Å². The number of amides is 1. The predicted octanol–water partition coefficient (Wildman–Crippen LogP) is 3.89. The van der Waals surface area contributed by atoms with Crippen molar-refractivity contribution in [3.8, 4) is 0 Å². The Labute approximate surface area is 147 Å². The first-order chi connectivity index (χ1) is 12.2. The van der Waals surface area contributed by atoms with Gasteiger partial charge in [-0.3, -0.25) is 4.79 Å². The highest BCUT2D eigenvalue weighted by molar-refractivity contribution is 5.96. The lowest BCUT2D eigenvalue weighted by atomic mass is 10.2. The number of carbonyl (C=O) groups excluding carboxylic acids is 1. The summed E-state index contributed by atoms with van der Waals surface area (Å²) < 4.78 is 5.76. The second-order valence-corrected chi connectivity index (χ2v) is 5.89. The molecule has 25 heavy (non-hydrogen) atoms. The second-order valence-electron chi connectivity index (χ2n) is 5.89. The Balaban J connectivity index is 1.77. The van der Waals surface area contributed by atoms with Crippen molar-refractivity contribution >= 4 is 23.0 Å². The molecule has 0 spiro atoms. The van der Waals surface area contributed by atoms with Crippen molar-refractivity contribution in [2.45, 2.75) is 6.92 Å². The van der Waals surface area contributed by atoms with Gasteiger partial charge in [0.1, 0.15) is 5.58 Å². The molecule has 1 amide bonds. The molecule has 0 saturated carbocycles. The van der Waals surface area contributed by atoms with E-state index in [9.17, 15) is 9.90 Å². The third-order valence-corrected chi connectivity index (χ3v) is 4.04. The van der Waals surface area contributed by atoms with Gasteiger partial charge in [0.05, 0.1) is 6.61 Å². The van der Waals surface area contributed by atoms with Gasteiger partial charge >= 0.3 is 0 Å². The van der Waals surface area contributed by atoms with Gasteiger partial charge in [0.2, 0.25) is 0 Å². The Morgan fingerprint density at radius 2 is 1.96 bits per heavy atom. The van der Waals surface area contributed by atoms with E-state index in [0.29, 0.717) is 12.3 Å². The normalized spacial score (nSPS) is 11.3. The van der Waals surface area contributed by atoms with Crippen LogP contribution < -0.4 is 0 Å². The number of fused-ring (bicyclic) bond motifs is 1. The molecule has 4 heteroatoms. The number of para-hydroxylation sites is 1. The summed E-state index contributed by atoms with van der Waals surface area (Å²) in [6.45, 7) is 2.52. The van der Waals surface area contributed by atoms with Crippen LogP contribution in [0.2, 0.25) is 0 Å². The molecule has 3 rings (SSSR count). The zero-order valence-electron chi connectivity index (χ0n) is 14.2. The smallest absolute Gasteiger partial charge is 0.289 e. The first kappa shape index (κ1) is 17.0. The minimum Gasteiger partial charge on any atom is -0.451 e. The van der Waals surface area contributed by atoms with E-state index < -0.39 is 0 Å². The van der Waals surface area contributed by atoms with Gasteiger partial charge in [0.15, 0.2) is 5.76 Å². The summed E-state index contributed by atoms with van der Waals surface area (Å²) in [7, 11) is 0. The maximum absolute atomic E-state index is 12.7. The molecule has 0 aliphatic rings. The van der Waals surface area contributed by atoms with Crippen LogP contribution in [0.25, 0.3) is 17.0 Å². The lowest BCUT2D eigenvalue weighted by Crippen LogP contribution is -2.33. The molecule has 128 valence electrons. The molecule has 0 radical (unpaired) electrons. The first-order valence-corrected chi connectivity index (χ1v) is 8.30. The highest BCUT2D eigenvalue weighted by Gasteiger charge is 2.19. The summed E-state index contributed by atoms with van der Waals surface area (Å²) in [5.41, 5.74) is 2.79. The summed E-state index contributed by atoms with van der Waals surface area (Å²) in [5, 5.41) is 10.2. The number of aryl methyl sites for hydroxylation is 1. The fourth-order valence-corrected chi connectivity index (χ4v) is 2.75. The number of furan rings is 1. The third kappa shape index (κ3) is 3.98. The summed E-state index contributed by atoms with van der Waals surface area (Å²) in [6.07, 6.45) is 3.87.